The van der Waals surface area contributed by atoms with Crippen molar-refractivity contribution >= 4 is 0 Å². The first kappa shape index (κ1) is 11.0. The van der Waals surface area contributed by atoms with Crippen molar-refractivity contribution in [3.8, 4) is 0 Å². The van der Waals surface area contributed by atoms with Gasteiger partial charge in [-0.2, -0.15) is 0 Å². The van der Waals surface area contributed by atoms with Crippen LogP contribution in [-0.2, 0) is 4.74 Å². The van der Waals surface area contributed by atoms with Crippen LogP contribution in [0.25, 0.3) is 0 Å². The van der Waals surface area contributed by atoms with Gasteiger partial charge >= 0.3 is 0 Å². The van der Waals surface area contributed by atoms with E-state index >= 15 is 0 Å². The second-order valence-corrected chi connectivity index (χ2v) is 4.68. The molecule has 0 aromatic rings. The molecule has 78 valence electrons. The van der Waals surface area contributed by atoms with Gasteiger partial charge in [-0.3, -0.25) is 4.90 Å². The minimum absolute atomic E-state index is 0.323. The molecule has 0 amide bonds. The van der Waals surface area contributed by atoms with E-state index in [9.17, 15) is 0 Å². The zero-order valence-corrected chi connectivity index (χ0v) is 9.58. The molecule has 1 heterocycles. The van der Waals surface area contributed by atoms with Crippen LogP contribution < -0.4 is 0 Å². The molecule has 1 saturated heterocycles. The van der Waals surface area contributed by atoms with E-state index in [1.807, 2.05) is 0 Å². The minimum atomic E-state index is 0.323. The first-order valence-electron chi connectivity index (χ1n) is 5.43. The van der Waals surface area contributed by atoms with Gasteiger partial charge in [-0.05, 0) is 33.1 Å². The van der Waals surface area contributed by atoms with Crippen molar-refractivity contribution in [1.82, 2.24) is 4.90 Å². The second kappa shape index (κ2) is 4.43. The van der Waals surface area contributed by atoms with Gasteiger partial charge in [0.2, 0.25) is 0 Å². The molecular formula is C11H23NO. The largest absolute Gasteiger partial charge is 0.363 e. The van der Waals surface area contributed by atoms with Gasteiger partial charge in [-0.1, -0.05) is 13.8 Å². The number of hydrogen-bond acceptors (Lipinski definition) is 2. The quantitative estimate of drug-likeness (QED) is 0.655. The molecule has 2 heteroatoms. The molecule has 2 atom stereocenters. The van der Waals surface area contributed by atoms with Crippen LogP contribution in [0.5, 0.6) is 0 Å². The molecule has 0 bridgehead atoms. The SMILES string of the molecule is CC(C)C1OCC[C@H](C)N1C(C)C. The highest BCUT2D eigenvalue weighted by atomic mass is 16.5. The lowest BCUT2D eigenvalue weighted by Crippen LogP contribution is -2.53. The average Bonchev–Trinajstić information content (AvgIpc) is 2.02. The van der Waals surface area contributed by atoms with E-state index in [4.69, 9.17) is 4.74 Å². The van der Waals surface area contributed by atoms with Crippen LogP contribution >= 0.6 is 0 Å². The molecule has 2 nitrogen and oxygen atoms in total. The summed E-state index contributed by atoms with van der Waals surface area (Å²) in [7, 11) is 0. The molecule has 1 unspecified atom stereocenters. The fourth-order valence-electron chi connectivity index (χ4n) is 2.18. The highest BCUT2D eigenvalue weighted by Gasteiger charge is 2.32. The van der Waals surface area contributed by atoms with Crippen molar-refractivity contribution in [3.05, 3.63) is 0 Å². The Kier molecular flexibility index (Phi) is 3.74. The molecule has 0 aliphatic carbocycles. The molecule has 0 aromatic heterocycles. The van der Waals surface area contributed by atoms with Crippen LogP contribution in [0.15, 0.2) is 0 Å². The molecule has 0 spiro atoms. The van der Waals surface area contributed by atoms with E-state index in [0.717, 1.165) is 6.61 Å². The Hall–Kier alpha value is -0.0800. The molecule has 1 aliphatic rings. The summed E-state index contributed by atoms with van der Waals surface area (Å²) in [5.74, 6) is 0.588. The summed E-state index contributed by atoms with van der Waals surface area (Å²) in [6.45, 7) is 12.2. The summed E-state index contributed by atoms with van der Waals surface area (Å²) in [6.07, 6.45) is 1.49. The zero-order chi connectivity index (χ0) is 10.0. The molecule has 1 rings (SSSR count). The minimum Gasteiger partial charge on any atom is -0.363 e. The number of nitrogens with zero attached hydrogens (tertiary/aromatic N) is 1. The highest BCUT2D eigenvalue weighted by Crippen LogP contribution is 2.24. The zero-order valence-electron chi connectivity index (χ0n) is 9.58. The van der Waals surface area contributed by atoms with Gasteiger partial charge in [0.1, 0.15) is 6.23 Å². The standard InChI is InChI=1S/C11H23NO/c1-8(2)11-12(9(3)4)10(5)6-7-13-11/h8-11H,6-7H2,1-5H3/t10-,11?/m0/s1. The highest BCUT2D eigenvalue weighted by molar-refractivity contribution is 4.79. The van der Waals surface area contributed by atoms with Gasteiger partial charge in [0.15, 0.2) is 0 Å². The molecule has 0 N–H and O–H groups in total. The molecular weight excluding hydrogens is 162 g/mol. The lowest BCUT2D eigenvalue weighted by molar-refractivity contribution is -0.152. The Morgan fingerprint density at radius 2 is 1.85 bits per heavy atom. The lowest BCUT2D eigenvalue weighted by Gasteiger charge is -2.44. The van der Waals surface area contributed by atoms with Crippen LogP contribution in [0.1, 0.15) is 41.0 Å². The van der Waals surface area contributed by atoms with Crippen LogP contribution in [0.4, 0.5) is 0 Å². The maximum Gasteiger partial charge on any atom is 0.113 e. The number of ether oxygens (including phenoxy) is 1. The Labute approximate surface area is 82.3 Å². The Bertz CT molecular complexity index is 156. The van der Waals surface area contributed by atoms with Crippen molar-refractivity contribution in [2.45, 2.75) is 59.4 Å². The summed E-state index contributed by atoms with van der Waals surface area (Å²) in [4.78, 5) is 2.49. The van der Waals surface area contributed by atoms with Gasteiger partial charge in [0, 0.05) is 12.1 Å². The van der Waals surface area contributed by atoms with Crippen molar-refractivity contribution in [1.29, 1.82) is 0 Å². The fraction of sp³-hybridized carbons (Fsp3) is 1.00. The summed E-state index contributed by atoms with van der Waals surface area (Å²) in [5, 5.41) is 0. The van der Waals surface area contributed by atoms with Gasteiger partial charge in [-0.15, -0.1) is 0 Å². The smallest absolute Gasteiger partial charge is 0.113 e. The van der Waals surface area contributed by atoms with E-state index < -0.39 is 0 Å². The fourth-order valence-corrected chi connectivity index (χ4v) is 2.18. The van der Waals surface area contributed by atoms with E-state index in [1.54, 1.807) is 0 Å². The first-order valence-corrected chi connectivity index (χ1v) is 5.43. The van der Waals surface area contributed by atoms with Gasteiger partial charge in [0.25, 0.3) is 0 Å². The second-order valence-electron chi connectivity index (χ2n) is 4.68. The number of rotatable bonds is 2. The van der Waals surface area contributed by atoms with Crippen LogP contribution in [0, 0.1) is 5.92 Å². The molecule has 0 radical (unpaired) electrons. The van der Waals surface area contributed by atoms with Crippen LogP contribution in [0.2, 0.25) is 0 Å². The third-order valence-electron chi connectivity index (χ3n) is 2.79. The van der Waals surface area contributed by atoms with Gasteiger partial charge < -0.3 is 4.74 Å². The number of hydrogen-bond donors (Lipinski definition) is 0. The van der Waals surface area contributed by atoms with E-state index in [2.05, 4.69) is 39.5 Å². The normalized spacial score (nSPS) is 31.6. The third kappa shape index (κ3) is 2.44. The lowest BCUT2D eigenvalue weighted by atomic mass is 10.0. The predicted molar refractivity (Wildman–Crippen MR) is 55.6 cm³/mol. The van der Waals surface area contributed by atoms with E-state index in [0.29, 0.717) is 24.2 Å². The Morgan fingerprint density at radius 3 is 2.23 bits per heavy atom. The summed E-state index contributed by atoms with van der Waals surface area (Å²) in [6, 6.07) is 1.25. The Morgan fingerprint density at radius 1 is 1.23 bits per heavy atom. The molecule has 0 saturated carbocycles. The maximum atomic E-state index is 5.81. The molecule has 1 fully saturated rings. The van der Waals surface area contributed by atoms with Gasteiger partial charge in [-0.25, -0.2) is 0 Å². The van der Waals surface area contributed by atoms with Crippen molar-refractivity contribution in [3.63, 3.8) is 0 Å². The van der Waals surface area contributed by atoms with Crippen LogP contribution in [0.3, 0.4) is 0 Å². The predicted octanol–water partition coefficient (Wildman–Crippen LogP) is 2.49. The van der Waals surface area contributed by atoms with Crippen molar-refractivity contribution in [2.75, 3.05) is 6.61 Å². The first-order chi connectivity index (χ1) is 6.04. The summed E-state index contributed by atoms with van der Waals surface area (Å²) < 4.78 is 5.81. The topological polar surface area (TPSA) is 12.5 Å². The van der Waals surface area contributed by atoms with Crippen molar-refractivity contribution < 1.29 is 4.74 Å². The third-order valence-corrected chi connectivity index (χ3v) is 2.79. The monoisotopic (exact) mass is 185 g/mol. The average molecular weight is 185 g/mol. The Balaban J connectivity index is 2.68. The van der Waals surface area contributed by atoms with Gasteiger partial charge in [0.05, 0.1) is 6.61 Å². The summed E-state index contributed by atoms with van der Waals surface area (Å²) in [5.41, 5.74) is 0. The van der Waals surface area contributed by atoms with Crippen LogP contribution in [-0.4, -0.2) is 29.8 Å². The molecule has 1 aliphatic heterocycles. The molecule has 0 aromatic carbocycles. The van der Waals surface area contributed by atoms with E-state index in [1.165, 1.54) is 6.42 Å². The van der Waals surface area contributed by atoms with E-state index in [-0.39, 0.29) is 0 Å². The maximum absolute atomic E-state index is 5.81. The molecule has 13 heavy (non-hydrogen) atoms. The van der Waals surface area contributed by atoms with Crippen molar-refractivity contribution in [2.24, 2.45) is 5.92 Å². The summed E-state index contributed by atoms with van der Waals surface area (Å²) >= 11 is 0.